The van der Waals surface area contributed by atoms with Crippen molar-refractivity contribution in [1.29, 1.82) is 0 Å². The monoisotopic (exact) mass is 327 g/mol. The van der Waals surface area contributed by atoms with Crippen LogP contribution in [0.4, 0.5) is 4.39 Å². The first-order valence-corrected chi connectivity index (χ1v) is 7.87. The largest absolute Gasteiger partial charge is 0.390 e. The van der Waals surface area contributed by atoms with Crippen LogP contribution in [0, 0.1) is 5.82 Å². The van der Waals surface area contributed by atoms with Gasteiger partial charge in [0.15, 0.2) is 0 Å². The molecular weight excluding hydrogens is 309 g/mol. The first-order valence-electron chi connectivity index (χ1n) is 7.87. The highest BCUT2D eigenvalue weighted by molar-refractivity contribution is 5.94. The number of rotatable bonds is 5. The van der Waals surface area contributed by atoms with E-state index in [-0.39, 0.29) is 17.8 Å². The normalized spacial score (nSPS) is 16.4. The van der Waals surface area contributed by atoms with Crippen molar-refractivity contribution in [3.63, 3.8) is 0 Å². The van der Waals surface area contributed by atoms with Crippen molar-refractivity contribution in [1.82, 2.24) is 10.3 Å². The molecule has 1 aliphatic heterocycles. The molecule has 1 N–H and O–H groups in total. The summed E-state index contributed by atoms with van der Waals surface area (Å²) in [6, 6.07) is 8.39. The summed E-state index contributed by atoms with van der Waals surface area (Å²) in [6.45, 7) is 2.43. The SMILES string of the molecule is CCC1=NO[C@@H](CNC(=O)c2ccc(-c3ccncc3F)cc2)C1. The van der Waals surface area contributed by atoms with Gasteiger partial charge in [-0.3, -0.25) is 9.78 Å². The minimum atomic E-state index is -0.389. The van der Waals surface area contributed by atoms with E-state index in [4.69, 9.17) is 4.84 Å². The highest BCUT2D eigenvalue weighted by atomic mass is 19.1. The van der Waals surface area contributed by atoms with Gasteiger partial charge in [0.2, 0.25) is 0 Å². The lowest BCUT2D eigenvalue weighted by atomic mass is 10.0. The average molecular weight is 327 g/mol. The summed E-state index contributed by atoms with van der Waals surface area (Å²) in [5.74, 6) is -0.579. The topological polar surface area (TPSA) is 63.6 Å². The summed E-state index contributed by atoms with van der Waals surface area (Å²) >= 11 is 0. The van der Waals surface area contributed by atoms with Crippen LogP contribution in [0.3, 0.4) is 0 Å². The molecule has 0 bridgehead atoms. The molecule has 5 nitrogen and oxygen atoms in total. The first-order chi connectivity index (χ1) is 11.7. The Kier molecular flexibility index (Phi) is 4.84. The van der Waals surface area contributed by atoms with Crippen molar-refractivity contribution < 1.29 is 14.0 Å². The summed E-state index contributed by atoms with van der Waals surface area (Å²) in [7, 11) is 0. The van der Waals surface area contributed by atoms with Crippen molar-refractivity contribution in [3.05, 3.63) is 54.1 Å². The van der Waals surface area contributed by atoms with Crippen LogP contribution in [0.2, 0.25) is 0 Å². The Balaban J connectivity index is 1.59. The van der Waals surface area contributed by atoms with Crippen LogP contribution in [0.25, 0.3) is 11.1 Å². The van der Waals surface area contributed by atoms with Crippen LogP contribution in [0.5, 0.6) is 0 Å². The molecule has 1 atom stereocenters. The average Bonchev–Trinajstić information content (AvgIpc) is 3.08. The lowest BCUT2D eigenvalue weighted by Gasteiger charge is -2.10. The number of carbonyl (C=O) groups is 1. The van der Waals surface area contributed by atoms with Crippen molar-refractivity contribution in [2.24, 2.45) is 5.16 Å². The molecule has 2 heterocycles. The lowest BCUT2D eigenvalue weighted by Crippen LogP contribution is -2.32. The number of carbonyl (C=O) groups excluding carboxylic acids is 1. The number of halogens is 1. The van der Waals surface area contributed by atoms with Gasteiger partial charge in [0.1, 0.15) is 11.9 Å². The summed E-state index contributed by atoms with van der Waals surface area (Å²) in [5.41, 5.74) is 2.69. The number of hydrogen-bond donors (Lipinski definition) is 1. The summed E-state index contributed by atoms with van der Waals surface area (Å²) in [5, 5.41) is 6.80. The summed E-state index contributed by atoms with van der Waals surface area (Å²) in [6.07, 6.45) is 4.21. The van der Waals surface area contributed by atoms with Gasteiger partial charge >= 0.3 is 0 Å². The molecule has 0 radical (unpaired) electrons. The van der Waals surface area contributed by atoms with E-state index >= 15 is 0 Å². The molecule has 1 aliphatic rings. The van der Waals surface area contributed by atoms with Gasteiger partial charge in [-0.15, -0.1) is 0 Å². The zero-order valence-electron chi connectivity index (χ0n) is 13.3. The van der Waals surface area contributed by atoms with Crippen molar-refractivity contribution in [2.75, 3.05) is 6.54 Å². The number of oxime groups is 1. The van der Waals surface area contributed by atoms with Gasteiger partial charge in [0.25, 0.3) is 5.91 Å². The van der Waals surface area contributed by atoms with Crippen molar-refractivity contribution >= 4 is 11.6 Å². The molecular formula is C18H18FN3O2. The number of pyridine rings is 1. The van der Waals surface area contributed by atoms with E-state index in [1.807, 2.05) is 6.92 Å². The Hall–Kier alpha value is -2.76. The molecule has 2 aromatic rings. The molecule has 0 unspecified atom stereocenters. The number of nitrogens with zero attached hydrogens (tertiary/aromatic N) is 2. The van der Waals surface area contributed by atoms with Crippen LogP contribution in [-0.4, -0.2) is 29.3 Å². The summed E-state index contributed by atoms with van der Waals surface area (Å²) in [4.78, 5) is 21.2. The molecule has 24 heavy (non-hydrogen) atoms. The second-order valence-corrected chi connectivity index (χ2v) is 5.59. The molecule has 0 aliphatic carbocycles. The Morgan fingerprint density at radius 1 is 1.33 bits per heavy atom. The van der Waals surface area contributed by atoms with E-state index in [2.05, 4.69) is 15.5 Å². The second-order valence-electron chi connectivity index (χ2n) is 5.59. The molecule has 1 aromatic carbocycles. The molecule has 1 aromatic heterocycles. The van der Waals surface area contributed by atoms with Gasteiger partial charge in [-0.2, -0.15) is 0 Å². The molecule has 0 saturated heterocycles. The summed E-state index contributed by atoms with van der Waals surface area (Å²) < 4.78 is 13.7. The third-order valence-electron chi connectivity index (χ3n) is 3.92. The van der Waals surface area contributed by atoms with Crippen LogP contribution in [-0.2, 0) is 4.84 Å². The maximum absolute atomic E-state index is 13.7. The molecule has 6 heteroatoms. The van der Waals surface area contributed by atoms with Gasteiger partial charge < -0.3 is 10.2 Å². The quantitative estimate of drug-likeness (QED) is 0.917. The molecule has 0 fully saturated rings. The number of hydrogen-bond acceptors (Lipinski definition) is 4. The van der Waals surface area contributed by atoms with Crippen LogP contribution in [0.15, 0.2) is 47.9 Å². The van der Waals surface area contributed by atoms with Crippen LogP contribution in [0.1, 0.15) is 30.1 Å². The fourth-order valence-corrected chi connectivity index (χ4v) is 2.52. The highest BCUT2D eigenvalue weighted by Gasteiger charge is 2.20. The second kappa shape index (κ2) is 7.21. The van der Waals surface area contributed by atoms with Gasteiger partial charge in [-0.25, -0.2) is 4.39 Å². The van der Waals surface area contributed by atoms with E-state index in [9.17, 15) is 9.18 Å². The highest BCUT2D eigenvalue weighted by Crippen LogP contribution is 2.22. The predicted molar refractivity (Wildman–Crippen MR) is 89.2 cm³/mol. The molecule has 0 saturated carbocycles. The van der Waals surface area contributed by atoms with Crippen LogP contribution < -0.4 is 5.32 Å². The van der Waals surface area contributed by atoms with E-state index < -0.39 is 0 Å². The van der Waals surface area contributed by atoms with Crippen molar-refractivity contribution in [2.45, 2.75) is 25.9 Å². The van der Waals surface area contributed by atoms with Gasteiger partial charge in [0.05, 0.1) is 18.5 Å². The number of nitrogens with one attached hydrogen (secondary N) is 1. The standard InChI is InChI=1S/C18H18FN3O2/c1-2-14-9-15(24-22-14)10-21-18(23)13-5-3-12(4-6-13)16-7-8-20-11-17(16)19/h3-8,11,15H,2,9-10H2,1H3,(H,21,23)/t15-/m1/s1. The Morgan fingerprint density at radius 2 is 2.12 bits per heavy atom. The predicted octanol–water partition coefficient (Wildman–Crippen LogP) is 3.17. The minimum Gasteiger partial charge on any atom is -0.390 e. The van der Waals surface area contributed by atoms with E-state index in [1.165, 1.54) is 12.4 Å². The Morgan fingerprint density at radius 3 is 2.79 bits per heavy atom. The van der Waals surface area contributed by atoms with E-state index in [1.54, 1.807) is 30.3 Å². The third-order valence-corrected chi connectivity index (χ3v) is 3.92. The Labute approximate surface area is 139 Å². The number of amides is 1. The zero-order chi connectivity index (χ0) is 16.9. The molecule has 3 rings (SSSR count). The fraction of sp³-hybridized carbons (Fsp3) is 0.278. The van der Waals surface area contributed by atoms with Gasteiger partial charge in [-0.05, 0) is 30.2 Å². The smallest absolute Gasteiger partial charge is 0.251 e. The molecule has 124 valence electrons. The minimum absolute atomic E-state index is 0.103. The molecule has 1 amide bonds. The van der Waals surface area contributed by atoms with E-state index in [0.717, 1.165) is 18.6 Å². The number of aromatic nitrogens is 1. The van der Waals surface area contributed by atoms with Gasteiger partial charge in [0, 0.05) is 23.7 Å². The number of benzene rings is 1. The Bertz CT molecular complexity index is 759. The maximum atomic E-state index is 13.7. The van der Waals surface area contributed by atoms with Gasteiger partial charge in [-0.1, -0.05) is 24.2 Å². The van der Waals surface area contributed by atoms with E-state index in [0.29, 0.717) is 23.2 Å². The fourth-order valence-electron chi connectivity index (χ4n) is 2.52. The third kappa shape index (κ3) is 3.59. The lowest BCUT2D eigenvalue weighted by molar-refractivity contribution is 0.0753. The van der Waals surface area contributed by atoms with Crippen LogP contribution >= 0.6 is 0 Å². The maximum Gasteiger partial charge on any atom is 0.251 e. The zero-order valence-corrected chi connectivity index (χ0v) is 13.3. The van der Waals surface area contributed by atoms with Crippen molar-refractivity contribution in [3.8, 4) is 11.1 Å². The first kappa shape index (κ1) is 16.1. The molecule has 0 spiro atoms.